The first-order valence-electron chi connectivity index (χ1n) is 27.5. The molecule has 3 aromatic rings. The molecule has 1 fully saturated rings. The highest BCUT2D eigenvalue weighted by Crippen LogP contribution is 2.17. The number of carbonyl (C=O) groups is 4. The van der Waals surface area contributed by atoms with Crippen LogP contribution in [0.3, 0.4) is 0 Å². The van der Waals surface area contributed by atoms with Crippen LogP contribution in [0.2, 0.25) is 0 Å². The number of ether oxygens (including phenoxy) is 13. The Morgan fingerprint density at radius 3 is 1.50 bits per heavy atom. The predicted octanol–water partition coefficient (Wildman–Crippen LogP) is 0.686. The zero-order valence-corrected chi connectivity index (χ0v) is 47.5. The standard InChI is InChI=1S/C54H83N9O18S/c64-41-80-38-47-36-57-49(35-52(67)68)50(60-48(37-56-47)39-81-42-65)34-43-3-9-46(10-4-43)61-54(82)55-11-13-70-15-17-72-19-21-74-23-25-76-27-29-78-31-33-79-32-30-77-28-26-75-24-22-73-20-18-71-16-14-69-12-1-2-51(66)44-5-7-45(8-6-44)53-62-58-40-59-63-53/h3-10,40-42,47-50,56-57,60H,1-2,11-39H2,(H,67,68)(H2,55,61,82). The van der Waals surface area contributed by atoms with Crippen LogP contribution in [0.1, 0.15) is 35.2 Å². The number of carboxylic acid groups (broad SMARTS) is 1. The van der Waals surface area contributed by atoms with Crippen LogP contribution in [-0.4, -0.2) is 258 Å². The zero-order chi connectivity index (χ0) is 58.2. The first-order valence-corrected chi connectivity index (χ1v) is 27.9. The van der Waals surface area contributed by atoms with E-state index in [1.54, 1.807) is 24.3 Å². The molecular formula is C54H83N9O18S. The van der Waals surface area contributed by atoms with E-state index < -0.39 is 12.0 Å². The highest BCUT2D eigenvalue weighted by atomic mass is 32.1. The Bertz CT molecular complexity index is 2120. The lowest BCUT2D eigenvalue weighted by atomic mass is 9.95. The molecule has 4 unspecified atom stereocenters. The molecule has 0 saturated carbocycles. The van der Waals surface area contributed by atoms with Crippen molar-refractivity contribution >= 4 is 47.7 Å². The van der Waals surface area contributed by atoms with Crippen molar-refractivity contribution in [1.29, 1.82) is 0 Å². The number of benzene rings is 2. The van der Waals surface area contributed by atoms with E-state index in [4.69, 9.17) is 73.8 Å². The summed E-state index contributed by atoms with van der Waals surface area (Å²) in [5.74, 6) is -0.511. The minimum atomic E-state index is -0.964. The van der Waals surface area contributed by atoms with Crippen LogP contribution in [0.25, 0.3) is 11.4 Å². The molecule has 1 aromatic heterocycles. The molecule has 2 aromatic carbocycles. The third-order valence-electron chi connectivity index (χ3n) is 11.8. The number of nitrogens with zero attached hydrogens (tertiary/aromatic N) is 4. The summed E-state index contributed by atoms with van der Waals surface area (Å²) in [5.41, 5.74) is 3.09. The van der Waals surface area contributed by atoms with Crippen molar-refractivity contribution < 1.29 is 85.9 Å². The molecule has 27 nitrogen and oxygen atoms in total. The topological polar surface area (TPSA) is 320 Å². The second-order valence-corrected chi connectivity index (χ2v) is 18.4. The Morgan fingerprint density at radius 2 is 1.02 bits per heavy atom. The molecule has 1 aliphatic heterocycles. The second kappa shape index (κ2) is 47.0. The number of Topliss-reactive ketones (excluding diaryl/α,β-unsaturated/α-hetero) is 1. The van der Waals surface area contributed by atoms with Crippen LogP contribution < -0.4 is 26.6 Å². The smallest absolute Gasteiger partial charge is 0.304 e. The van der Waals surface area contributed by atoms with E-state index in [9.17, 15) is 24.3 Å². The van der Waals surface area contributed by atoms with Crippen molar-refractivity contribution in [2.24, 2.45) is 0 Å². The van der Waals surface area contributed by atoms with Gasteiger partial charge in [0.1, 0.15) is 13.2 Å². The van der Waals surface area contributed by atoms with Crippen molar-refractivity contribution in [2.75, 3.05) is 184 Å². The number of ketones is 1. The summed E-state index contributed by atoms with van der Waals surface area (Å²) in [5, 5.41) is 41.7. The number of aliphatic carboxylic acids is 1. The van der Waals surface area contributed by atoms with Crippen molar-refractivity contribution in [1.82, 2.24) is 41.7 Å². The summed E-state index contributed by atoms with van der Waals surface area (Å²) in [4.78, 5) is 46.1. The lowest BCUT2D eigenvalue weighted by Gasteiger charge is -2.30. The molecule has 4 rings (SSSR count). The number of aromatic nitrogens is 4. The Morgan fingerprint density at radius 1 is 0.573 bits per heavy atom. The Hall–Kier alpha value is -5.41. The molecule has 4 atom stereocenters. The summed E-state index contributed by atoms with van der Waals surface area (Å²) in [6.07, 6.45) is 2.60. The molecule has 6 N–H and O–H groups in total. The predicted molar refractivity (Wildman–Crippen MR) is 301 cm³/mol. The molecule has 28 heteroatoms. The van der Waals surface area contributed by atoms with Gasteiger partial charge in [0.25, 0.3) is 12.9 Å². The first kappa shape index (κ1) is 69.1. The minimum absolute atomic E-state index is 0.0454. The summed E-state index contributed by atoms with van der Waals surface area (Å²) in [6.45, 7) is 12.1. The van der Waals surface area contributed by atoms with Gasteiger partial charge in [-0.25, -0.2) is 0 Å². The van der Waals surface area contributed by atoms with E-state index in [1.165, 1.54) is 6.33 Å². The maximum absolute atomic E-state index is 12.4. The number of rotatable bonds is 50. The van der Waals surface area contributed by atoms with Gasteiger partial charge in [0.05, 0.1) is 157 Å². The molecule has 0 bridgehead atoms. The molecule has 2 heterocycles. The fourth-order valence-corrected chi connectivity index (χ4v) is 7.95. The van der Waals surface area contributed by atoms with Crippen LogP contribution in [-0.2, 0) is 82.4 Å². The fraction of sp³-hybridized carbons (Fsp3) is 0.648. The quantitative estimate of drug-likeness (QED) is 0.0196. The summed E-state index contributed by atoms with van der Waals surface area (Å²) in [6, 6.07) is 13.3. The number of hydrogen-bond acceptors (Lipinski definition) is 25. The van der Waals surface area contributed by atoms with Crippen LogP contribution in [0.15, 0.2) is 54.9 Å². The summed E-state index contributed by atoms with van der Waals surface area (Å²) in [7, 11) is 0. The summed E-state index contributed by atoms with van der Waals surface area (Å²) >= 11 is 5.45. The highest BCUT2D eigenvalue weighted by Gasteiger charge is 2.30. The highest BCUT2D eigenvalue weighted by molar-refractivity contribution is 7.80. The van der Waals surface area contributed by atoms with Gasteiger partial charge in [-0.1, -0.05) is 36.4 Å². The van der Waals surface area contributed by atoms with Crippen molar-refractivity contribution in [3.63, 3.8) is 0 Å². The lowest BCUT2D eigenvalue weighted by molar-refractivity contribution is -0.137. The van der Waals surface area contributed by atoms with Crippen molar-refractivity contribution in [3.8, 4) is 11.4 Å². The lowest BCUT2D eigenvalue weighted by Crippen LogP contribution is -2.54. The number of hydrogen-bond donors (Lipinski definition) is 6. The SMILES string of the molecule is O=COCC1CNC(CC(=O)O)C(Cc2ccc(NC(=S)NCCOCCOCCOCCOCCOCCOCCOCCOCCOCCOCCOCCCC(=O)c3ccc(-c4nncnn4)cc3)cc2)NC(COC=O)CN1. The molecule has 0 radical (unpaired) electrons. The first-order chi connectivity index (χ1) is 40.3. The van der Waals surface area contributed by atoms with Crippen LogP contribution in [0.4, 0.5) is 5.69 Å². The largest absolute Gasteiger partial charge is 0.481 e. The normalized spacial score (nSPS) is 16.3. The third-order valence-corrected chi connectivity index (χ3v) is 12.1. The van der Waals surface area contributed by atoms with Gasteiger partial charge in [-0.05, 0) is 42.8 Å². The van der Waals surface area contributed by atoms with Gasteiger partial charge in [0.2, 0.25) is 5.82 Å². The molecule has 0 amide bonds. The second-order valence-electron chi connectivity index (χ2n) is 18.0. The molecule has 1 saturated heterocycles. The maximum Gasteiger partial charge on any atom is 0.304 e. The number of carbonyl (C=O) groups excluding carboxylic acids is 3. The van der Waals surface area contributed by atoms with Crippen LogP contribution >= 0.6 is 12.2 Å². The van der Waals surface area contributed by atoms with E-state index in [1.807, 2.05) is 24.3 Å². The van der Waals surface area contributed by atoms with Crippen molar-refractivity contribution in [3.05, 3.63) is 66.0 Å². The molecular weight excluding hydrogens is 1090 g/mol. The number of thiocarbonyl (C=S) groups is 1. The third kappa shape index (κ3) is 34.3. The van der Waals surface area contributed by atoms with E-state index >= 15 is 0 Å². The van der Waals surface area contributed by atoms with Gasteiger partial charge in [-0.3, -0.25) is 19.2 Å². The van der Waals surface area contributed by atoms with Crippen molar-refractivity contribution in [2.45, 2.75) is 49.9 Å². The van der Waals surface area contributed by atoms with Gasteiger partial charge >= 0.3 is 5.97 Å². The average Bonchev–Trinajstić information content (AvgIpc) is 3.56. The Labute approximate surface area is 484 Å². The minimum Gasteiger partial charge on any atom is -0.481 e. The average molecular weight is 1180 g/mol. The molecule has 1 aliphatic rings. The number of carboxylic acids is 1. The van der Waals surface area contributed by atoms with E-state index in [0.717, 1.165) is 16.8 Å². The maximum atomic E-state index is 12.4. The van der Waals surface area contributed by atoms with Gasteiger partial charge in [-0.2, -0.15) is 0 Å². The molecule has 458 valence electrons. The van der Waals surface area contributed by atoms with E-state index in [0.29, 0.717) is 214 Å². The van der Waals surface area contributed by atoms with Gasteiger partial charge in [0, 0.05) is 61.6 Å². The van der Waals surface area contributed by atoms with Crippen LogP contribution in [0.5, 0.6) is 0 Å². The van der Waals surface area contributed by atoms with Gasteiger partial charge in [-0.15, -0.1) is 20.4 Å². The Kier molecular flexibility index (Phi) is 39.6. The van der Waals surface area contributed by atoms with E-state index in [-0.39, 0.29) is 43.5 Å². The summed E-state index contributed by atoms with van der Waals surface area (Å²) < 4.78 is 71.0. The van der Waals surface area contributed by atoms with E-state index in [2.05, 4.69) is 47.0 Å². The fourth-order valence-electron chi connectivity index (χ4n) is 7.73. The Balaban J connectivity index is 0.829. The molecule has 0 spiro atoms. The number of anilines is 1. The van der Waals surface area contributed by atoms with Gasteiger partial charge in [0.15, 0.2) is 17.2 Å². The number of nitrogens with one attached hydrogen (secondary N) is 5. The van der Waals surface area contributed by atoms with Gasteiger partial charge < -0.3 is 93.3 Å². The molecule has 0 aliphatic carbocycles. The zero-order valence-electron chi connectivity index (χ0n) is 46.7. The monoisotopic (exact) mass is 1180 g/mol. The van der Waals surface area contributed by atoms with Crippen LogP contribution in [0, 0.1) is 0 Å². The molecule has 82 heavy (non-hydrogen) atoms.